The Kier molecular flexibility index (Phi) is 6.20. The number of anilines is 2. The molecule has 1 heterocycles. The summed E-state index contributed by atoms with van der Waals surface area (Å²) in [5, 5.41) is 7.78. The van der Waals surface area contributed by atoms with E-state index in [0.717, 1.165) is 10.5 Å². The van der Waals surface area contributed by atoms with Gasteiger partial charge in [0, 0.05) is 28.5 Å². The van der Waals surface area contributed by atoms with Crippen molar-refractivity contribution >= 4 is 45.7 Å². The van der Waals surface area contributed by atoms with Crippen LogP contribution in [0, 0.1) is 5.82 Å². The Hall–Kier alpha value is -2.71. The largest absolute Gasteiger partial charge is 0.326 e. The first-order chi connectivity index (χ1) is 13.0. The fourth-order valence-corrected chi connectivity index (χ4v) is 3.75. The van der Waals surface area contributed by atoms with Crippen molar-refractivity contribution < 1.29 is 14.0 Å². The molecule has 2 aromatic carbocycles. The molecule has 0 radical (unpaired) electrons. The lowest BCUT2D eigenvalue weighted by molar-refractivity contribution is -0.114. The number of halogens is 1. The number of aromatic nitrogens is 1. The van der Waals surface area contributed by atoms with Crippen molar-refractivity contribution in [3.63, 3.8) is 0 Å². The number of hydrogen-bond acceptors (Lipinski definition) is 5. The van der Waals surface area contributed by atoms with Crippen molar-refractivity contribution in [3.05, 3.63) is 59.7 Å². The van der Waals surface area contributed by atoms with Gasteiger partial charge in [-0.1, -0.05) is 6.07 Å². The number of benzene rings is 2. The third kappa shape index (κ3) is 5.63. The normalized spacial score (nSPS) is 10.4. The Morgan fingerprint density at radius 1 is 1.15 bits per heavy atom. The van der Waals surface area contributed by atoms with Gasteiger partial charge < -0.3 is 10.6 Å². The molecule has 5 nitrogen and oxygen atoms in total. The number of carbonyl (C=O) groups excluding carboxylic acids is 2. The molecule has 0 aliphatic carbocycles. The van der Waals surface area contributed by atoms with Gasteiger partial charge in [0.25, 0.3) is 0 Å². The zero-order valence-corrected chi connectivity index (χ0v) is 16.0. The second kappa shape index (κ2) is 8.79. The molecule has 0 atom stereocenters. The molecule has 1 aromatic heterocycles. The van der Waals surface area contributed by atoms with Gasteiger partial charge in [-0.3, -0.25) is 9.59 Å². The van der Waals surface area contributed by atoms with Crippen molar-refractivity contribution in [1.82, 2.24) is 4.98 Å². The molecule has 0 aliphatic rings. The minimum atomic E-state index is -0.304. The van der Waals surface area contributed by atoms with Crippen molar-refractivity contribution in [2.24, 2.45) is 0 Å². The molecule has 2 amide bonds. The highest BCUT2D eigenvalue weighted by atomic mass is 32.2. The molecule has 0 saturated heterocycles. The van der Waals surface area contributed by atoms with Crippen LogP contribution in [0.4, 0.5) is 15.2 Å². The number of amides is 2. The van der Waals surface area contributed by atoms with Crippen molar-refractivity contribution in [2.75, 3.05) is 16.4 Å². The maximum Gasteiger partial charge on any atom is 0.236 e. The summed E-state index contributed by atoms with van der Waals surface area (Å²) >= 11 is 2.68. The summed E-state index contributed by atoms with van der Waals surface area (Å²) in [6, 6.07) is 13.3. The molecular formula is C19H16FN3O2S2. The zero-order chi connectivity index (χ0) is 19.2. The monoisotopic (exact) mass is 401 g/mol. The lowest BCUT2D eigenvalue weighted by Gasteiger charge is -2.05. The summed E-state index contributed by atoms with van der Waals surface area (Å²) in [6.45, 7) is 1.45. The number of thioether (sulfide) groups is 1. The summed E-state index contributed by atoms with van der Waals surface area (Å²) in [7, 11) is 0. The molecule has 3 rings (SSSR count). The van der Waals surface area contributed by atoms with Crippen LogP contribution in [0.15, 0.2) is 58.8 Å². The molecule has 8 heteroatoms. The first kappa shape index (κ1) is 19.1. The van der Waals surface area contributed by atoms with E-state index in [1.807, 2.05) is 23.6 Å². The van der Waals surface area contributed by atoms with Crippen molar-refractivity contribution in [3.8, 4) is 11.3 Å². The van der Waals surface area contributed by atoms with E-state index >= 15 is 0 Å². The first-order valence-electron chi connectivity index (χ1n) is 8.01. The number of rotatable bonds is 6. The summed E-state index contributed by atoms with van der Waals surface area (Å²) in [6.07, 6.45) is 0. The standard InChI is InChI=1S/C19H16FN3O2S2/c1-12(24)21-15-3-2-4-16(9-15)26-11-18(25)23-19-22-17(10-27-19)13-5-7-14(20)8-6-13/h2-10H,11H2,1H3,(H,21,24)(H,22,23,25). The van der Waals surface area contributed by atoms with Gasteiger partial charge in [0.1, 0.15) is 5.82 Å². The van der Waals surface area contributed by atoms with Crippen LogP contribution in [-0.4, -0.2) is 22.6 Å². The maximum absolute atomic E-state index is 13.0. The summed E-state index contributed by atoms with van der Waals surface area (Å²) in [5.74, 6) is -0.405. The second-order valence-electron chi connectivity index (χ2n) is 5.59. The van der Waals surface area contributed by atoms with Crippen LogP contribution in [0.5, 0.6) is 0 Å². The molecule has 0 aliphatic heterocycles. The van der Waals surface area contributed by atoms with E-state index in [1.165, 1.54) is 42.2 Å². The predicted molar refractivity (Wildman–Crippen MR) is 108 cm³/mol. The molecular weight excluding hydrogens is 385 g/mol. The Labute approximate surface area is 164 Å². The van der Waals surface area contributed by atoms with Crippen LogP contribution < -0.4 is 10.6 Å². The van der Waals surface area contributed by atoms with Crippen LogP contribution in [-0.2, 0) is 9.59 Å². The highest BCUT2D eigenvalue weighted by molar-refractivity contribution is 8.00. The van der Waals surface area contributed by atoms with Gasteiger partial charge >= 0.3 is 0 Å². The zero-order valence-electron chi connectivity index (χ0n) is 14.4. The molecule has 2 N–H and O–H groups in total. The topological polar surface area (TPSA) is 71.1 Å². The highest BCUT2D eigenvalue weighted by Gasteiger charge is 2.09. The summed E-state index contributed by atoms with van der Waals surface area (Å²) < 4.78 is 13.0. The third-order valence-corrected chi connectivity index (χ3v) is 5.17. The van der Waals surface area contributed by atoms with E-state index < -0.39 is 0 Å². The van der Waals surface area contributed by atoms with Gasteiger partial charge in [-0.05, 0) is 42.5 Å². The molecule has 138 valence electrons. The molecule has 27 heavy (non-hydrogen) atoms. The van der Waals surface area contributed by atoms with Crippen LogP contribution in [0.2, 0.25) is 0 Å². The number of nitrogens with zero attached hydrogens (tertiary/aromatic N) is 1. The van der Waals surface area contributed by atoms with Gasteiger partial charge in [0.15, 0.2) is 5.13 Å². The average molecular weight is 401 g/mol. The van der Waals surface area contributed by atoms with Crippen molar-refractivity contribution in [1.29, 1.82) is 0 Å². The van der Waals surface area contributed by atoms with E-state index in [9.17, 15) is 14.0 Å². The number of hydrogen-bond donors (Lipinski definition) is 2. The number of carbonyl (C=O) groups is 2. The predicted octanol–water partition coefficient (Wildman–Crippen LogP) is 4.64. The average Bonchev–Trinajstić information content (AvgIpc) is 3.09. The highest BCUT2D eigenvalue weighted by Crippen LogP contribution is 2.26. The van der Waals surface area contributed by atoms with Gasteiger partial charge in [0.2, 0.25) is 11.8 Å². The minimum absolute atomic E-state index is 0.143. The lowest BCUT2D eigenvalue weighted by atomic mass is 10.2. The van der Waals surface area contributed by atoms with Crippen LogP contribution >= 0.6 is 23.1 Å². The fraction of sp³-hybridized carbons (Fsp3) is 0.105. The van der Waals surface area contributed by atoms with E-state index in [0.29, 0.717) is 16.5 Å². The van der Waals surface area contributed by atoms with E-state index in [4.69, 9.17) is 0 Å². The molecule has 0 unspecified atom stereocenters. The van der Waals surface area contributed by atoms with Crippen LogP contribution in [0.3, 0.4) is 0 Å². The SMILES string of the molecule is CC(=O)Nc1cccc(SCC(=O)Nc2nc(-c3ccc(F)cc3)cs2)c1. The summed E-state index contributed by atoms with van der Waals surface area (Å²) in [5.41, 5.74) is 2.17. The van der Waals surface area contributed by atoms with Gasteiger partial charge in [-0.15, -0.1) is 23.1 Å². The van der Waals surface area contributed by atoms with E-state index in [2.05, 4.69) is 15.6 Å². The van der Waals surface area contributed by atoms with Crippen LogP contribution in [0.25, 0.3) is 11.3 Å². The lowest BCUT2D eigenvalue weighted by Crippen LogP contribution is -2.13. The molecule has 0 spiro atoms. The van der Waals surface area contributed by atoms with Crippen LogP contribution in [0.1, 0.15) is 6.92 Å². The Morgan fingerprint density at radius 3 is 2.67 bits per heavy atom. The first-order valence-corrected chi connectivity index (χ1v) is 9.88. The Morgan fingerprint density at radius 2 is 1.93 bits per heavy atom. The molecule has 0 bridgehead atoms. The van der Waals surface area contributed by atoms with E-state index in [-0.39, 0.29) is 23.4 Å². The summed E-state index contributed by atoms with van der Waals surface area (Å²) in [4.78, 5) is 28.5. The number of thiazole rings is 1. The molecule has 3 aromatic rings. The third-order valence-electron chi connectivity index (χ3n) is 3.41. The van der Waals surface area contributed by atoms with Crippen molar-refractivity contribution in [2.45, 2.75) is 11.8 Å². The Balaban J connectivity index is 1.55. The molecule has 0 fully saturated rings. The van der Waals surface area contributed by atoms with Gasteiger partial charge in [-0.25, -0.2) is 9.37 Å². The smallest absolute Gasteiger partial charge is 0.236 e. The van der Waals surface area contributed by atoms with Gasteiger partial charge in [0.05, 0.1) is 11.4 Å². The minimum Gasteiger partial charge on any atom is -0.326 e. The second-order valence-corrected chi connectivity index (χ2v) is 7.50. The molecule has 0 saturated carbocycles. The number of nitrogens with one attached hydrogen (secondary N) is 2. The van der Waals surface area contributed by atoms with Gasteiger partial charge in [-0.2, -0.15) is 0 Å². The van der Waals surface area contributed by atoms with E-state index in [1.54, 1.807) is 18.2 Å². The quantitative estimate of drug-likeness (QED) is 0.591. The maximum atomic E-state index is 13.0. The fourth-order valence-electron chi connectivity index (χ4n) is 2.26. The Bertz CT molecular complexity index is 958.